The van der Waals surface area contributed by atoms with Gasteiger partial charge >= 0.3 is 5.97 Å². The first-order valence-electron chi connectivity index (χ1n) is 7.74. The predicted molar refractivity (Wildman–Crippen MR) is 74.2 cm³/mol. The highest BCUT2D eigenvalue weighted by Crippen LogP contribution is 2.30. The molecule has 0 aromatic carbocycles. The average Bonchev–Trinajstić information content (AvgIpc) is 2.46. The van der Waals surface area contributed by atoms with Gasteiger partial charge in [0.25, 0.3) is 0 Å². The van der Waals surface area contributed by atoms with E-state index in [1.54, 1.807) is 0 Å². The van der Waals surface area contributed by atoms with Crippen molar-refractivity contribution in [3.05, 3.63) is 0 Å². The molecule has 110 valence electrons. The van der Waals surface area contributed by atoms with Crippen molar-refractivity contribution in [1.82, 2.24) is 4.90 Å². The second kappa shape index (κ2) is 7.25. The fourth-order valence-corrected chi connectivity index (χ4v) is 3.55. The Balaban J connectivity index is 1.71. The van der Waals surface area contributed by atoms with Crippen LogP contribution in [0.5, 0.6) is 0 Å². The summed E-state index contributed by atoms with van der Waals surface area (Å²) >= 11 is 0. The van der Waals surface area contributed by atoms with Crippen LogP contribution in [0.2, 0.25) is 0 Å². The van der Waals surface area contributed by atoms with Gasteiger partial charge in [-0.25, -0.2) is 4.79 Å². The first-order valence-corrected chi connectivity index (χ1v) is 7.74. The van der Waals surface area contributed by atoms with E-state index in [1.807, 2.05) is 0 Å². The molecule has 2 rings (SSSR count). The maximum Gasteiger partial charge on any atom is 0.329 e. The summed E-state index contributed by atoms with van der Waals surface area (Å²) in [7, 11) is 0. The minimum Gasteiger partial charge on any atom is -0.480 e. The molecule has 1 heterocycles. The molecule has 0 spiro atoms. The summed E-state index contributed by atoms with van der Waals surface area (Å²) in [6.07, 6.45) is 9.07. The highest BCUT2D eigenvalue weighted by atomic mass is 16.5. The summed E-state index contributed by atoms with van der Waals surface area (Å²) in [4.78, 5) is 13.1. The number of ether oxygens (including phenoxy) is 1. The zero-order valence-corrected chi connectivity index (χ0v) is 12.0. The van der Waals surface area contributed by atoms with Crippen LogP contribution in [0.3, 0.4) is 0 Å². The van der Waals surface area contributed by atoms with Crippen molar-refractivity contribution in [3.63, 3.8) is 0 Å². The van der Waals surface area contributed by atoms with Crippen LogP contribution in [-0.2, 0) is 9.53 Å². The van der Waals surface area contributed by atoms with Crippen LogP contribution in [0, 0.1) is 5.92 Å². The van der Waals surface area contributed by atoms with Crippen molar-refractivity contribution >= 4 is 5.97 Å². The zero-order chi connectivity index (χ0) is 13.7. The normalized spacial score (nSPS) is 25.3. The van der Waals surface area contributed by atoms with E-state index in [0.717, 1.165) is 31.8 Å². The number of carboxylic acid groups (broad SMARTS) is 1. The van der Waals surface area contributed by atoms with Gasteiger partial charge in [-0.15, -0.1) is 0 Å². The lowest BCUT2D eigenvalue weighted by atomic mass is 9.83. The van der Waals surface area contributed by atoms with Crippen LogP contribution >= 0.6 is 0 Å². The van der Waals surface area contributed by atoms with Crippen molar-refractivity contribution in [2.75, 3.05) is 19.7 Å². The Bertz CT molecular complexity index is 281. The van der Waals surface area contributed by atoms with Gasteiger partial charge in [0.1, 0.15) is 6.61 Å². The third kappa shape index (κ3) is 4.46. The van der Waals surface area contributed by atoms with E-state index in [4.69, 9.17) is 9.84 Å². The fraction of sp³-hybridized carbons (Fsp3) is 0.933. The van der Waals surface area contributed by atoms with Crippen LogP contribution in [0.1, 0.15) is 51.9 Å². The van der Waals surface area contributed by atoms with Gasteiger partial charge in [0.05, 0.1) is 6.10 Å². The summed E-state index contributed by atoms with van der Waals surface area (Å²) in [5.41, 5.74) is 0. The minimum absolute atomic E-state index is 0.144. The number of likely N-dealkylation sites (tertiary alicyclic amines) is 1. The van der Waals surface area contributed by atoms with E-state index in [2.05, 4.69) is 11.8 Å². The number of piperidine rings is 1. The molecule has 4 heteroatoms. The topological polar surface area (TPSA) is 49.8 Å². The Labute approximate surface area is 116 Å². The van der Waals surface area contributed by atoms with Crippen molar-refractivity contribution < 1.29 is 14.6 Å². The van der Waals surface area contributed by atoms with Crippen molar-refractivity contribution in [2.45, 2.75) is 64.0 Å². The molecule has 1 unspecified atom stereocenters. The third-order valence-corrected chi connectivity index (χ3v) is 4.83. The Morgan fingerprint density at radius 3 is 2.42 bits per heavy atom. The lowest BCUT2D eigenvalue weighted by molar-refractivity contribution is -0.145. The molecule has 2 fully saturated rings. The minimum atomic E-state index is -0.863. The first-order chi connectivity index (χ1) is 9.16. The molecule has 19 heavy (non-hydrogen) atoms. The monoisotopic (exact) mass is 269 g/mol. The fourth-order valence-electron chi connectivity index (χ4n) is 3.55. The maximum absolute atomic E-state index is 10.5. The molecule has 0 radical (unpaired) electrons. The first kappa shape index (κ1) is 14.8. The van der Waals surface area contributed by atoms with Gasteiger partial charge in [-0.1, -0.05) is 19.3 Å². The maximum atomic E-state index is 10.5. The van der Waals surface area contributed by atoms with Crippen molar-refractivity contribution in [1.29, 1.82) is 0 Å². The van der Waals surface area contributed by atoms with E-state index in [1.165, 1.54) is 32.1 Å². The molecule has 2 aliphatic rings. The van der Waals surface area contributed by atoms with Gasteiger partial charge in [-0.2, -0.15) is 0 Å². The van der Waals surface area contributed by atoms with Gasteiger partial charge in [0.2, 0.25) is 0 Å². The van der Waals surface area contributed by atoms with Gasteiger partial charge in [0.15, 0.2) is 0 Å². The highest BCUT2D eigenvalue weighted by molar-refractivity contribution is 5.68. The van der Waals surface area contributed by atoms with Gasteiger partial charge in [0, 0.05) is 19.1 Å². The lowest BCUT2D eigenvalue weighted by Gasteiger charge is -2.40. The molecule has 1 N–H and O–H groups in total. The van der Waals surface area contributed by atoms with Crippen LogP contribution in [0.25, 0.3) is 0 Å². The van der Waals surface area contributed by atoms with E-state index in [0.29, 0.717) is 6.04 Å². The van der Waals surface area contributed by atoms with Crippen molar-refractivity contribution in [2.24, 2.45) is 5.92 Å². The number of rotatable bonds is 5. The quantitative estimate of drug-likeness (QED) is 0.833. The molecule has 4 nitrogen and oxygen atoms in total. The molecular formula is C15H27NO3. The summed E-state index contributed by atoms with van der Waals surface area (Å²) in [5, 5.41) is 8.62. The number of aliphatic carboxylic acids is 1. The number of carboxylic acids is 1. The third-order valence-electron chi connectivity index (χ3n) is 4.83. The summed E-state index contributed by atoms with van der Waals surface area (Å²) in [6, 6.07) is 0.681. The van der Waals surface area contributed by atoms with Gasteiger partial charge in [-0.05, 0) is 38.5 Å². The molecule has 1 aliphatic heterocycles. The molecule has 1 saturated carbocycles. The number of hydrogen-bond acceptors (Lipinski definition) is 3. The highest BCUT2D eigenvalue weighted by Gasteiger charge is 2.28. The van der Waals surface area contributed by atoms with E-state index >= 15 is 0 Å². The molecule has 0 amide bonds. The van der Waals surface area contributed by atoms with Crippen LogP contribution in [0.4, 0.5) is 0 Å². The largest absolute Gasteiger partial charge is 0.480 e. The zero-order valence-electron chi connectivity index (χ0n) is 12.0. The van der Waals surface area contributed by atoms with Gasteiger partial charge < -0.3 is 14.7 Å². The summed E-state index contributed by atoms with van der Waals surface area (Å²) in [6.45, 7) is 4.33. The number of nitrogens with zero attached hydrogens (tertiary/aromatic N) is 1. The Kier molecular flexibility index (Phi) is 5.64. The van der Waals surface area contributed by atoms with Crippen LogP contribution in [-0.4, -0.2) is 47.8 Å². The smallest absolute Gasteiger partial charge is 0.329 e. The summed E-state index contributed by atoms with van der Waals surface area (Å²) < 4.78 is 5.39. The van der Waals surface area contributed by atoms with E-state index in [9.17, 15) is 4.79 Å². The Morgan fingerprint density at radius 2 is 1.84 bits per heavy atom. The van der Waals surface area contributed by atoms with Gasteiger partial charge in [-0.3, -0.25) is 0 Å². The van der Waals surface area contributed by atoms with Crippen molar-refractivity contribution in [3.8, 4) is 0 Å². The Morgan fingerprint density at radius 1 is 1.21 bits per heavy atom. The standard InChI is InChI=1S/C15H27NO3/c1-12(13-5-3-2-4-6-13)16-9-7-14(8-10-16)19-11-15(17)18/h12-14H,2-11H2,1H3,(H,17,18). The number of hydrogen-bond donors (Lipinski definition) is 1. The molecule has 0 bridgehead atoms. The second-order valence-electron chi connectivity index (χ2n) is 6.08. The lowest BCUT2D eigenvalue weighted by Crippen LogP contribution is -2.45. The molecule has 0 aromatic heterocycles. The van der Waals surface area contributed by atoms with Crippen LogP contribution in [0.15, 0.2) is 0 Å². The molecule has 1 aliphatic carbocycles. The van der Waals surface area contributed by atoms with E-state index in [-0.39, 0.29) is 12.7 Å². The molecule has 1 atom stereocenters. The summed E-state index contributed by atoms with van der Waals surface area (Å²) in [5.74, 6) is 0.00300. The Hall–Kier alpha value is -0.610. The molecule has 0 aromatic rings. The van der Waals surface area contributed by atoms with E-state index < -0.39 is 5.97 Å². The number of carbonyl (C=O) groups is 1. The predicted octanol–water partition coefficient (Wildman–Crippen LogP) is 2.52. The SMILES string of the molecule is CC(C1CCCCC1)N1CCC(OCC(=O)O)CC1. The van der Waals surface area contributed by atoms with Crippen LogP contribution < -0.4 is 0 Å². The molecule has 1 saturated heterocycles. The molecular weight excluding hydrogens is 242 g/mol. The average molecular weight is 269 g/mol. The second-order valence-corrected chi connectivity index (χ2v) is 6.08.